The number of halogens is 2. The van der Waals surface area contributed by atoms with Gasteiger partial charge in [0, 0.05) is 51.2 Å². The number of allylic oxidation sites excluding steroid dienone is 1. The standard InChI is InChI=1S/C19H22F2N4O4.C5H10O.C2H2/c1-29-6-2-5-24-10-16-18(27)17(26)14(9-25(16)23-11-24)19(28)22-8-12-3-4-13(20)7-15(12)21;1-3-4-5-6-2;1-2/h3-4,7,9,23,27H,2,5-6,8,10-11H2,1H3,(H,22,28);4-5H,3H2,1-2H3;1-2H/b;5-4-;. The maximum atomic E-state index is 13.7. The molecule has 1 aromatic carbocycles. The van der Waals surface area contributed by atoms with Crippen LogP contribution < -0.4 is 16.2 Å². The maximum absolute atomic E-state index is 13.7. The number of carbonyl (C=O) groups is 1. The number of hydrogen-bond acceptors (Lipinski definition) is 7. The normalized spacial score (nSPS) is 12.3. The summed E-state index contributed by atoms with van der Waals surface area (Å²) in [5, 5.41) is 12.7. The van der Waals surface area contributed by atoms with Gasteiger partial charge in [0.1, 0.15) is 17.2 Å². The number of aromatic nitrogens is 1. The molecule has 1 aliphatic heterocycles. The molecule has 1 aliphatic rings. The molecule has 0 atom stereocenters. The molecule has 0 unspecified atom stereocenters. The number of aromatic hydroxyl groups is 1. The molecule has 0 bridgehead atoms. The molecule has 9 nitrogen and oxygen atoms in total. The first-order chi connectivity index (χ1) is 17.8. The van der Waals surface area contributed by atoms with Crippen LogP contribution in [-0.2, 0) is 22.6 Å². The number of rotatable bonds is 9. The van der Waals surface area contributed by atoms with Crippen LogP contribution in [0.15, 0.2) is 41.5 Å². The summed E-state index contributed by atoms with van der Waals surface area (Å²) >= 11 is 0. The van der Waals surface area contributed by atoms with Crippen LogP contribution in [0.1, 0.15) is 41.4 Å². The van der Waals surface area contributed by atoms with Crippen LogP contribution in [0, 0.1) is 24.5 Å². The van der Waals surface area contributed by atoms with Crippen LogP contribution in [0.2, 0.25) is 0 Å². The third-order valence-electron chi connectivity index (χ3n) is 5.11. The van der Waals surface area contributed by atoms with E-state index in [0.717, 1.165) is 18.9 Å². The summed E-state index contributed by atoms with van der Waals surface area (Å²) < 4.78 is 37.7. The average Bonchev–Trinajstić information content (AvgIpc) is 2.90. The van der Waals surface area contributed by atoms with E-state index in [1.54, 1.807) is 20.5 Å². The molecule has 0 saturated carbocycles. The molecular weight excluding hydrogens is 486 g/mol. The second-order valence-electron chi connectivity index (χ2n) is 7.69. The summed E-state index contributed by atoms with van der Waals surface area (Å²) in [6.07, 6.45) is 14.8. The second-order valence-corrected chi connectivity index (χ2v) is 7.69. The van der Waals surface area contributed by atoms with Crippen molar-refractivity contribution in [2.75, 3.05) is 39.5 Å². The van der Waals surface area contributed by atoms with Crippen LogP contribution in [-0.4, -0.2) is 54.6 Å². The Kier molecular flexibility index (Phi) is 14.1. The molecule has 3 N–H and O–H groups in total. The number of methoxy groups -OCH3 is 2. The summed E-state index contributed by atoms with van der Waals surface area (Å²) in [5.41, 5.74) is 2.34. The number of nitrogens with zero attached hydrogens (tertiary/aromatic N) is 2. The summed E-state index contributed by atoms with van der Waals surface area (Å²) in [7, 11) is 3.26. The van der Waals surface area contributed by atoms with Gasteiger partial charge in [0.25, 0.3) is 5.91 Å². The minimum Gasteiger partial charge on any atom is -0.505 e. The van der Waals surface area contributed by atoms with Crippen LogP contribution in [0.3, 0.4) is 0 Å². The molecule has 1 amide bonds. The van der Waals surface area contributed by atoms with E-state index < -0.39 is 28.7 Å². The lowest BCUT2D eigenvalue weighted by atomic mass is 10.1. The van der Waals surface area contributed by atoms with E-state index in [-0.39, 0.29) is 17.7 Å². The second kappa shape index (κ2) is 16.7. The number of benzene rings is 1. The van der Waals surface area contributed by atoms with Gasteiger partial charge in [0.05, 0.1) is 25.7 Å². The number of ether oxygens (including phenoxy) is 2. The van der Waals surface area contributed by atoms with Gasteiger partial charge in [-0.05, 0) is 18.9 Å². The number of hydrogen-bond donors (Lipinski definition) is 3. The number of nitrogens with one attached hydrogen (secondary N) is 2. The minimum atomic E-state index is -0.811. The number of pyridine rings is 1. The van der Waals surface area contributed by atoms with E-state index in [0.29, 0.717) is 38.1 Å². The summed E-state index contributed by atoms with van der Waals surface area (Å²) in [6.45, 7) is 3.94. The quantitative estimate of drug-likeness (QED) is 0.265. The van der Waals surface area contributed by atoms with Gasteiger partial charge >= 0.3 is 0 Å². The van der Waals surface area contributed by atoms with E-state index >= 15 is 0 Å². The van der Waals surface area contributed by atoms with Gasteiger partial charge in [-0.25, -0.2) is 8.78 Å². The van der Waals surface area contributed by atoms with Crippen LogP contribution in [0.25, 0.3) is 0 Å². The molecule has 0 aliphatic carbocycles. The Hall–Kier alpha value is -3.88. The number of amides is 1. The fourth-order valence-electron chi connectivity index (χ4n) is 3.25. The van der Waals surface area contributed by atoms with Gasteiger partial charge in [-0.2, -0.15) is 0 Å². The van der Waals surface area contributed by atoms with Gasteiger partial charge in [-0.3, -0.25) is 19.2 Å². The average molecular weight is 521 g/mol. The van der Waals surface area contributed by atoms with E-state index in [1.165, 1.54) is 16.9 Å². The molecule has 2 heterocycles. The highest BCUT2D eigenvalue weighted by molar-refractivity contribution is 5.94. The van der Waals surface area contributed by atoms with Crippen molar-refractivity contribution in [2.24, 2.45) is 0 Å². The fourth-order valence-corrected chi connectivity index (χ4v) is 3.25. The lowest BCUT2D eigenvalue weighted by Gasteiger charge is -2.31. The molecule has 1 aromatic heterocycles. The monoisotopic (exact) mass is 520 g/mol. The summed E-state index contributed by atoms with van der Waals surface area (Å²) in [6, 6.07) is 3.00. The SMILES string of the molecule is C#C.CC/C=C\OC.COCCCN1CNn2cc(C(=O)NCc3ccc(F)cc3F)c(=O)c(O)c2C1. The highest BCUT2D eigenvalue weighted by atomic mass is 19.1. The Morgan fingerprint density at radius 3 is 2.62 bits per heavy atom. The van der Waals surface area contributed by atoms with Crippen molar-refractivity contribution in [1.82, 2.24) is 14.9 Å². The first-order valence-corrected chi connectivity index (χ1v) is 11.5. The molecule has 11 heteroatoms. The van der Waals surface area contributed by atoms with E-state index in [9.17, 15) is 23.5 Å². The molecule has 202 valence electrons. The van der Waals surface area contributed by atoms with Gasteiger partial charge in [0.2, 0.25) is 5.43 Å². The first kappa shape index (κ1) is 31.2. The molecule has 0 saturated heterocycles. The van der Waals surface area contributed by atoms with Crippen molar-refractivity contribution in [3.8, 4) is 18.6 Å². The fraction of sp³-hybridized carbons (Fsp3) is 0.385. The Bertz CT molecular complexity index is 1110. The minimum absolute atomic E-state index is 0.0758. The van der Waals surface area contributed by atoms with Crippen molar-refractivity contribution in [1.29, 1.82) is 0 Å². The molecular formula is C26H34F2N4O5. The molecule has 0 radical (unpaired) electrons. The predicted molar refractivity (Wildman–Crippen MR) is 137 cm³/mol. The van der Waals surface area contributed by atoms with Gasteiger partial charge in [0.15, 0.2) is 5.75 Å². The molecule has 0 spiro atoms. The third kappa shape index (κ3) is 9.59. The van der Waals surface area contributed by atoms with Crippen molar-refractivity contribution in [3.05, 3.63) is 75.4 Å². The van der Waals surface area contributed by atoms with Gasteiger partial charge in [-0.15, -0.1) is 12.8 Å². The zero-order chi connectivity index (χ0) is 27.8. The van der Waals surface area contributed by atoms with Crippen LogP contribution in [0.4, 0.5) is 8.78 Å². The molecule has 0 fully saturated rings. The Morgan fingerprint density at radius 1 is 1.30 bits per heavy atom. The lowest BCUT2D eigenvalue weighted by molar-refractivity contribution is 0.0947. The van der Waals surface area contributed by atoms with Gasteiger partial charge < -0.3 is 25.3 Å². The molecule has 3 rings (SSSR count). The lowest BCUT2D eigenvalue weighted by Crippen LogP contribution is -2.43. The Labute approximate surface area is 215 Å². The zero-order valence-corrected chi connectivity index (χ0v) is 21.3. The highest BCUT2D eigenvalue weighted by Crippen LogP contribution is 2.18. The predicted octanol–water partition coefficient (Wildman–Crippen LogP) is 2.92. The first-order valence-electron chi connectivity index (χ1n) is 11.5. The number of carbonyl (C=O) groups excluding carboxylic acids is 1. The topological polar surface area (TPSA) is 105 Å². The largest absolute Gasteiger partial charge is 0.505 e. The van der Waals surface area contributed by atoms with Gasteiger partial charge in [-0.1, -0.05) is 19.1 Å². The van der Waals surface area contributed by atoms with E-state index in [1.807, 2.05) is 11.0 Å². The molecule has 2 aromatic rings. The van der Waals surface area contributed by atoms with Crippen LogP contribution >= 0.6 is 0 Å². The van der Waals surface area contributed by atoms with E-state index in [4.69, 9.17) is 4.74 Å². The zero-order valence-electron chi connectivity index (χ0n) is 21.3. The van der Waals surface area contributed by atoms with Crippen molar-refractivity contribution >= 4 is 5.91 Å². The van der Waals surface area contributed by atoms with Crippen molar-refractivity contribution in [3.63, 3.8) is 0 Å². The van der Waals surface area contributed by atoms with Crippen molar-refractivity contribution < 1.29 is 28.2 Å². The Morgan fingerprint density at radius 2 is 2.03 bits per heavy atom. The Balaban J connectivity index is 0.000000752. The molecule has 37 heavy (non-hydrogen) atoms. The van der Waals surface area contributed by atoms with Crippen LogP contribution in [0.5, 0.6) is 5.75 Å². The number of fused-ring (bicyclic) bond motifs is 1. The van der Waals surface area contributed by atoms with E-state index in [2.05, 4.69) is 35.2 Å². The summed E-state index contributed by atoms with van der Waals surface area (Å²) in [4.78, 5) is 26.9. The maximum Gasteiger partial charge on any atom is 0.257 e. The third-order valence-corrected chi connectivity index (χ3v) is 5.11. The number of terminal acetylenes is 1. The smallest absolute Gasteiger partial charge is 0.257 e. The highest BCUT2D eigenvalue weighted by Gasteiger charge is 2.24. The van der Waals surface area contributed by atoms with Crippen molar-refractivity contribution in [2.45, 2.75) is 32.9 Å². The summed E-state index contributed by atoms with van der Waals surface area (Å²) in [5.74, 6) is -2.81.